The second-order valence-electron chi connectivity index (χ2n) is 5.16. The van der Waals surface area contributed by atoms with Gasteiger partial charge in [-0.1, -0.05) is 6.07 Å². The third kappa shape index (κ3) is 4.62. The highest BCUT2D eigenvalue weighted by molar-refractivity contribution is 6.01. The smallest absolute Gasteiger partial charge is 0.455 e. The van der Waals surface area contributed by atoms with Gasteiger partial charge in [-0.2, -0.15) is 26.3 Å². The first-order chi connectivity index (χ1) is 12.3. The maximum absolute atomic E-state index is 14.0. The number of hydrogen-bond donors (Lipinski definition) is 3. The van der Waals surface area contributed by atoms with E-state index in [1.165, 1.54) is 6.92 Å². The Morgan fingerprint density at radius 2 is 1.70 bits per heavy atom. The number of aliphatic hydroxyl groups is 1. The van der Waals surface area contributed by atoms with Gasteiger partial charge in [0.15, 0.2) is 0 Å². The summed E-state index contributed by atoms with van der Waals surface area (Å²) in [7, 11) is 0. The number of benzene rings is 1. The molecule has 3 N–H and O–H groups in total. The van der Waals surface area contributed by atoms with Gasteiger partial charge in [0.1, 0.15) is 0 Å². The summed E-state index contributed by atoms with van der Waals surface area (Å²) in [5.41, 5.74) is -2.76. The van der Waals surface area contributed by atoms with E-state index in [0.29, 0.717) is 12.1 Å². The average molecular weight is 402 g/mol. The first-order valence-electron chi connectivity index (χ1n) is 7.51. The van der Waals surface area contributed by atoms with Crippen LogP contribution in [0, 0.1) is 0 Å². The average Bonchev–Trinajstić information content (AvgIpc) is 2.54. The Balaban J connectivity index is 3.45. The molecule has 152 valence electrons. The molecule has 0 bridgehead atoms. The Kier molecular flexibility index (Phi) is 6.70. The predicted octanol–water partition coefficient (Wildman–Crippen LogP) is 3.32. The Morgan fingerprint density at radius 3 is 2.19 bits per heavy atom. The number of esters is 1. The molecule has 0 aromatic heterocycles. The highest BCUT2D eigenvalue weighted by Crippen LogP contribution is 2.49. The molecule has 0 saturated carbocycles. The molecule has 0 aliphatic rings. The minimum atomic E-state index is -6.31. The quantitative estimate of drug-likeness (QED) is 0.503. The molecule has 0 aliphatic heterocycles. The third-order valence-electron chi connectivity index (χ3n) is 3.25. The second-order valence-corrected chi connectivity index (χ2v) is 5.16. The molecule has 1 aromatic carbocycles. The number of carbonyl (C=O) groups is 2. The third-order valence-corrected chi connectivity index (χ3v) is 3.25. The molecule has 1 unspecified atom stereocenters. The number of nitrogens with one attached hydrogen (secondary N) is 2. The van der Waals surface area contributed by atoms with Gasteiger partial charge in [0.05, 0.1) is 17.9 Å². The Bertz CT molecular complexity index is 706. The molecule has 1 aromatic rings. The second kappa shape index (κ2) is 8.03. The van der Waals surface area contributed by atoms with Crippen molar-refractivity contribution in [3.8, 4) is 0 Å². The van der Waals surface area contributed by atoms with E-state index >= 15 is 0 Å². The summed E-state index contributed by atoms with van der Waals surface area (Å²) in [6.07, 6.45) is -6.31. The number of alkyl halides is 6. The molecule has 0 saturated heterocycles. The number of urea groups is 1. The number of anilines is 1. The summed E-state index contributed by atoms with van der Waals surface area (Å²) in [6.45, 7) is 2.90. The zero-order valence-corrected chi connectivity index (χ0v) is 14.1. The summed E-state index contributed by atoms with van der Waals surface area (Å²) in [4.78, 5) is 23.5. The molecule has 0 spiro atoms. The van der Waals surface area contributed by atoms with Crippen LogP contribution in [0.5, 0.6) is 0 Å². The lowest BCUT2D eigenvalue weighted by molar-refractivity contribution is -0.390. The molecular formula is C15H16F6N2O4. The van der Waals surface area contributed by atoms with Crippen LogP contribution >= 0.6 is 0 Å². The van der Waals surface area contributed by atoms with Gasteiger partial charge >= 0.3 is 30.0 Å². The number of ether oxygens (including phenoxy) is 1. The maximum atomic E-state index is 14.0. The molecule has 0 heterocycles. The lowest BCUT2D eigenvalue weighted by Gasteiger charge is -2.30. The van der Waals surface area contributed by atoms with E-state index in [4.69, 9.17) is 5.11 Å². The highest BCUT2D eigenvalue weighted by atomic mass is 19.4. The van der Waals surface area contributed by atoms with Crippen LogP contribution < -0.4 is 10.6 Å². The first kappa shape index (κ1) is 22.5. The van der Waals surface area contributed by atoms with Crippen LogP contribution in [-0.2, 0) is 10.7 Å². The van der Waals surface area contributed by atoms with Gasteiger partial charge in [-0.15, -0.1) is 0 Å². The molecule has 1 rings (SSSR count). The van der Waals surface area contributed by atoms with Crippen molar-refractivity contribution < 1.29 is 45.8 Å². The van der Waals surface area contributed by atoms with Gasteiger partial charge in [0.2, 0.25) is 0 Å². The molecule has 0 radical (unpaired) electrons. The first-order valence-corrected chi connectivity index (χ1v) is 7.51. The van der Waals surface area contributed by atoms with Gasteiger partial charge in [-0.3, -0.25) is 0 Å². The molecule has 2 amide bonds. The number of carbonyl (C=O) groups excluding carboxylic acids is 2. The normalized spacial score (nSPS) is 14.3. The molecule has 6 nitrogen and oxygen atoms in total. The van der Waals surface area contributed by atoms with Crippen molar-refractivity contribution >= 4 is 17.7 Å². The zero-order chi connectivity index (χ0) is 21.0. The number of amides is 2. The van der Waals surface area contributed by atoms with Crippen LogP contribution in [0.25, 0.3) is 0 Å². The summed E-state index contributed by atoms with van der Waals surface area (Å²) in [6, 6.07) is 0.369. The topological polar surface area (TPSA) is 87.7 Å². The zero-order valence-electron chi connectivity index (χ0n) is 14.1. The molecule has 1 atom stereocenters. The highest BCUT2D eigenvalue weighted by Gasteiger charge is 2.71. The maximum Gasteiger partial charge on any atom is 0.455 e. The van der Waals surface area contributed by atoms with Crippen LogP contribution in [-0.4, -0.2) is 42.3 Å². The van der Waals surface area contributed by atoms with E-state index in [1.54, 1.807) is 6.92 Å². The molecule has 0 fully saturated rings. The molecule has 27 heavy (non-hydrogen) atoms. The van der Waals surface area contributed by atoms with Crippen molar-refractivity contribution in [1.82, 2.24) is 5.32 Å². The van der Waals surface area contributed by atoms with E-state index in [9.17, 15) is 35.9 Å². The van der Waals surface area contributed by atoms with Crippen molar-refractivity contribution in [2.75, 3.05) is 18.5 Å². The van der Waals surface area contributed by atoms with Gasteiger partial charge in [0, 0.05) is 12.1 Å². The van der Waals surface area contributed by atoms with Gasteiger partial charge in [-0.25, -0.2) is 9.59 Å². The van der Waals surface area contributed by atoms with Crippen LogP contribution in [0.3, 0.4) is 0 Å². The van der Waals surface area contributed by atoms with E-state index in [1.807, 2.05) is 0 Å². The molecular weight excluding hydrogens is 386 g/mol. The predicted molar refractivity (Wildman–Crippen MR) is 81.1 cm³/mol. The lowest BCUT2D eigenvalue weighted by atomic mass is 9.97. The number of hydrogen-bond acceptors (Lipinski definition) is 4. The van der Waals surface area contributed by atoms with E-state index < -0.39 is 41.1 Å². The summed E-state index contributed by atoms with van der Waals surface area (Å²) >= 11 is 0. The van der Waals surface area contributed by atoms with E-state index in [2.05, 4.69) is 15.4 Å². The summed E-state index contributed by atoms with van der Waals surface area (Å²) in [5, 5.41) is 13.1. The van der Waals surface area contributed by atoms with Crippen LogP contribution in [0.4, 0.5) is 36.8 Å². The van der Waals surface area contributed by atoms with Gasteiger partial charge in [-0.05, 0) is 26.0 Å². The number of halogens is 6. The van der Waals surface area contributed by atoms with Crippen LogP contribution in [0.15, 0.2) is 18.2 Å². The largest absolute Gasteiger partial charge is 0.462 e. The van der Waals surface area contributed by atoms with Crippen LogP contribution in [0.2, 0.25) is 0 Å². The number of rotatable bonds is 6. The lowest BCUT2D eigenvalue weighted by Crippen LogP contribution is -2.53. The Hall–Kier alpha value is -2.50. The SMILES string of the molecule is CCNC(=O)Nc1ccc(C(F)(F)C(O)(F)C(F)(F)F)cc1C(=O)OCC. The van der Waals surface area contributed by atoms with Crippen molar-refractivity contribution in [3.05, 3.63) is 29.3 Å². The monoisotopic (exact) mass is 402 g/mol. The Morgan fingerprint density at radius 1 is 1.11 bits per heavy atom. The summed E-state index contributed by atoms with van der Waals surface area (Å²) < 4.78 is 83.4. The van der Waals surface area contributed by atoms with Gasteiger partial charge in [0.25, 0.3) is 0 Å². The van der Waals surface area contributed by atoms with Crippen molar-refractivity contribution in [3.63, 3.8) is 0 Å². The minimum Gasteiger partial charge on any atom is -0.462 e. The van der Waals surface area contributed by atoms with E-state index in [-0.39, 0.29) is 24.9 Å². The van der Waals surface area contributed by atoms with Crippen molar-refractivity contribution in [2.24, 2.45) is 0 Å². The van der Waals surface area contributed by atoms with Gasteiger partial charge < -0.3 is 20.5 Å². The fourth-order valence-electron chi connectivity index (χ4n) is 1.92. The summed E-state index contributed by atoms with van der Waals surface area (Å²) in [5.74, 6) is -12.6. The van der Waals surface area contributed by atoms with Crippen molar-refractivity contribution in [1.29, 1.82) is 0 Å². The Labute approximate surface area is 149 Å². The fraction of sp³-hybridized carbons (Fsp3) is 0.467. The minimum absolute atomic E-state index is 0.178. The van der Waals surface area contributed by atoms with E-state index in [0.717, 1.165) is 0 Å². The standard InChI is InChI=1S/C15H16F6N2O4/c1-3-22-12(25)23-10-6-5-8(7-9(10)11(24)27-4-2)13(16,17)14(18,26)15(19,20)21/h5-7,26H,3-4H2,1-2H3,(H2,22,23,25). The molecule has 12 heteroatoms. The molecule has 0 aliphatic carbocycles. The van der Waals surface area contributed by atoms with Crippen LogP contribution in [0.1, 0.15) is 29.8 Å². The van der Waals surface area contributed by atoms with Crippen molar-refractivity contribution in [2.45, 2.75) is 31.8 Å². The fourth-order valence-corrected chi connectivity index (χ4v) is 1.92.